The number of carbonyl (C=O) groups is 4. The van der Waals surface area contributed by atoms with Crippen LogP contribution in [0, 0.1) is 29.6 Å². The van der Waals surface area contributed by atoms with E-state index >= 15 is 0 Å². The second-order valence-electron chi connectivity index (χ2n) is 17.2. The van der Waals surface area contributed by atoms with Crippen LogP contribution in [0.2, 0.25) is 0 Å². The molecule has 56 heavy (non-hydrogen) atoms. The molecule has 1 aliphatic carbocycles. The fraction of sp³-hybridized carbons (Fsp3) is 0.814. The van der Waals surface area contributed by atoms with Crippen LogP contribution in [0.1, 0.15) is 112 Å². The molecule has 0 radical (unpaired) electrons. The molecule has 1 amide bonds. The lowest BCUT2D eigenvalue weighted by Gasteiger charge is -2.47. The first-order valence-electron chi connectivity index (χ1n) is 20.8. The molecule has 3 aliphatic heterocycles. The Labute approximate surface area is 333 Å². The summed E-state index contributed by atoms with van der Waals surface area (Å²) in [6, 6.07) is -1.13. The van der Waals surface area contributed by atoms with Crippen LogP contribution in [0.5, 0.6) is 0 Å². The van der Waals surface area contributed by atoms with Crippen LogP contribution < -0.4 is 0 Å². The molecule has 4 rings (SSSR count). The van der Waals surface area contributed by atoms with Crippen LogP contribution in [0.15, 0.2) is 23.3 Å². The van der Waals surface area contributed by atoms with Crippen molar-refractivity contribution in [1.82, 2.24) is 4.90 Å². The van der Waals surface area contributed by atoms with Crippen molar-refractivity contribution in [2.24, 2.45) is 29.6 Å². The topological polar surface area (TPSA) is 178 Å². The highest BCUT2D eigenvalue weighted by Crippen LogP contribution is 2.39. The van der Waals surface area contributed by atoms with Crippen molar-refractivity contribution in [3.8, 4) is 0 Å². The van der Waals surface area contributed by atoms with Crippen LogP contribution in [0.4, 0.5) is 0 Å². The van der Waals surface area contributed by atoms with Crippen molar-refractivity contribution in [1.29, 1.82) is 0 Å². The largest absolute Gasteiger partial charge is 0.456 e. The van der Waals surface area contributed by atoms with Crippen LogP contribution in [-0.2, 0) is 42.9 Å². The number of allylic oxidation sites excluding steroid dienone is 3. The summed E-state index contributed by atoms with van der Waals surface area (Å²) in [7, 11) is 4.63. The molecular formula is C43H69NO12. The third kappa shape index (κ3) is 10.7. The van der Waals surface area contributed by atoms with Crippen molar-refractivity contribution < 1.29 is 58.2 Å². The van der Waals surface area contributed by atoms with Gasteiger partial charge in [-0.25, -0.2) is 4.79 Å². The molecule has 2 saturated heterocycles. The van der Waals surface area contributed by atoms with E-state index in [1.807, 2.05) is 32.9 Å². The summed E-state index contributed by atoms with van der Waals surface area (Å²) < 4.78 is 29.7. The summed E-state index contributed by atoms with van der Waals surface area (Å²) >= 11 is 0. The Kier molecular flexibility index (Phi) is 16.9. The molecule has 4 aliphatic rings. The van der Waals surface area contributed by atoms with Gasteiger partial charge in [0.05, 0.1) is 30.5 Å². The Morgan fingerprint density at radius 3 is 2.21 bits per heavy atom. The molecule has 0 unspecified atom stereocenters. The fourth-order valence-electron chi connectivity index (χ4n) is 9.39. The molecule has 0 aromatic carbocycles. The lowest BCUT2D eigenvalue weighted by Crippen LogP contribution is -2.64. The SMILES string of the molecule is CC[C@@H]1/C=C(/C)C[C@H](C)C[C@H](OC)[C@H]2O[C@@](O)(C(=O)C(=O)N3CCCC[C@H]3C(=O)O[C@H](/C(C)=C/[C@@H]3CC[C@@H](O)[C@@H](OC)C3)[C@H](C)[C@@H](O)CC1=O)[C@H](C)C[C@@H]2OC. The standard InChI is InChI=1S/C43H69NO12/c1-10-30-18-24(2)17-25(3)19-36(53-8)39-37(54-9)21-27(5)43(51,56-39)40(48)41(49)44-16-12-11-13-31(44)42(50)55-38(28(6)33(46)23-34(30)47)26(4)20-29-14-15-32(45)35(22-29)52-7/h18,20,25,27-33,35-39,45-46,51H,10-17,19,21-23H2,1-9H3/b24-18-,26-20+/t25-,27+,28+,29-,30+,31-,32+,33-,35-,36-,37-,38+,39+,43+/m0/s1. The van der Waals surface area contributed by atoms with Gasteiger partial charge in [-0.3, -0.25) is 14.4 Å². The second-order valence-corrected chi connectivity index (χ2v) is 17.2. The minimum atomic E-state index is -2.50. The number of ketones is 2. The summed E-state index contributed by atoms with van der Waals surface area (Å²) in [5.74, 6) is -7.50. The van der Waals surface area contributed by atoms with Crippen LogP contribution in [0.3, 0.4) is 0 Å². The van der Waals surface area contributed by atoms with Gasteiger partial charge in [0.15, 0.2) is 0 Å². The predicted octanol–water partition coefficient (Wildman–Crippen LogP) is 4.47. The van der Waals surface area contributed by atoms with E-state index in [1.165, 1.54) is 19.1 Å². The molecule has 318 valence electrons. The number of fused-ring (bicyclic) bond motifs is 3. The van der Waals surface area contributed by atoms with Crippen molar-refractivity contribution in [3.63, 3.8) is 0 Å². The third-order valence-corrected chi connectivity index (χ3v) is 12.9. The zero-order chi connectivity index (χ0) is 41.5. The Hall–Kier alpha value is -2.52. The molecule has 2 bridgehead atoms. The second kappa shape index (κ2) is 20.4. The molecule has 13 heteroatoms. The normalized spacial score (nSPS) is 41.6. The molecule has 13 nitrogen and oxygen atoms in total. The first-order chi connectivity index (χ1) is 26.5. The van der Waals surface area contributed by atoms with Crippen molar-refractivity contribution in [2.45, 2.75) is 167 Å². The quantitative estimate of drug-likeness (QED) is 0.196. The van der Waals surface area contributed by atoms with Gasteiger partial charge >= 0.3 is 5.97 Å². The summed E-state index contributed by atoms with van der Waals surface area (Å²) in [5.41, 5.74) is 1.66. The van der Waals surface area contributed by atoms with Crippen LogP contribution >= 0.6 is 0 Å². The molecule has 14 atom stereocenters. The smallest absolute Gasteiger partial charge is 0.329 e. The van der Waals surface area contributed by atoms with E-state index < -0.39 is 83.9 Å². The number of aliphatic hydroxyl groups excluding tert-OH is 2. The van der Waals surface area contributed by atoms with Crippen molar-refractivity contribution >= 4 is 23.4 Å². The van der Waals surface area contributed by atoms with E-state index in [-0.39, 0.29) is 49.5 Å². The number of methoxy groups -OCH3 is 3. The van der Waals surface area contributed by atoms with Gasteiger partial charge in [-0.1, -0.05) is 45.4 Å². The van der Waals surface area contributed by atoms with E-state index in [4.69, 9.17) is 23.7 Å². The molecule has 3 fully saturated rings. The summed E-state index contributed by atoms with van der Waals surface area (Å²) in [6.45, 7) is 11.3. The van der Waals surface area contributed by atoms with Gasteiger partial charge in [-0.2, -0.15) is 0 Å². The Morgan fingerprint density at radius 2 is 1.57 bits per heavy atom. The number of hydrogen-bond donors (Lipinski definition) is 3. The molecule has 3 heterocycles. The number of carbonyl (C=O) groups excluding carboxylic acids is 4. The lowest BCUT2D eigenvalue weighted by atomic mass is 9.81. The maximum atomic E-state index is 14.3. The summed E-state index contributed by atoms with van der Waals surface area (Å²) in [5, 5.41) is 34.1. The lowest BCUT2D eigenvalue weighted by molar-refractivity contribution is -0.302. The van der Waals surface area contributed by atoms with Gasteiger partial charge in [0.1, 0.15) is 24.0 Å². The number of amides is 1. The van der Waals surface area contributed by atoms with Gasteiger partial charge in [0.25, 0.3) is 11.7 Å². The Bertz CT molecular complexity index is 1430. The highest BCUT2D eigenvalue weighted by Gasteiger charge is 2.56. The summed E-state index contributed by atoms with van der Waals surface area (Å²) in [4.78, 5) is 57.6. The van der Waals surface area contributed by atoms with Crippen molar-refractivity contribution in [3.05, 3.63) is 23.3 Å². The Morgan fingerprint density at radius 1 is 0.911 bits per heavy atom. The highest BCUT2D eigenvalue weighted by molar-refractivity contribution is 6.39. The number of piperidine rings is 1. The number of ether oxygens (including phenoxy) is 5. The van der Waals surface area contributed by atoms with Crippen molar-refractivity contribution in [2.75, 3.05) is 27.9 Å². The molecular weight excluding hydrogens is 722 g/mol. The van der Waals surface area contributed by atoms with E-state index in [2.05, 4.69) is 6.92 Å². The zero-order valence-electron chi connectivity index (χ0n) is 35.1. The van der Waals surface area contributed by atoms with Gasteiger partial charge < -0.3 is 43.9 Å². The minimum Gasteiger partial charge on any atom is -0.456 e. The predicted molar refractivity (Wildman–Crippen MR) is 208 cm³/mol. The zero-order valence-corrected chi connectivity index (χ0v) is 35.1. The molecule has 0 aromatic heterocycles. The van der Waals surface area contributed by atoms with E-state index in [1.54, 1.807) is 21.0 Å². The third-order valence-electron chi connectivity index (χ3n) is 12.9. The number of nitrogens with zero attached hydrogens (tertiary/aromatic N) is 1. The first kappa shape index (κ1) is 46.2. The first-order valence-corrected chi connectivity index (χ1v) is 20.8. The number of hydrogen-bond acceptors (Lipinski definition) is 12. The van der Waals surface area contributed by atoms with Gasteiger partial charge in [-0.15, -0.1) is 0 Å². The number of esters is 1. The van der Waals surface area contributed by atoms with Crippen LogP contribution in [0.25, 0.3) is 0 Å². The number of cyclic esters (lactones) is 1. The molecule has 1 saturated carbocycles. The fourth-order valence-corrected chi connectivity index (χ4v) is 9.39. The number of aliphatic hydroxyl groups is 3. The summed E-state index contributed by atoms with van der Waals surface area (Å²) in [6.07, 6.45) is 3.72. The van der Waals surface area contributed by atoms with Gasteiger partial charge in [0, 0.05) is 52.0 Å². The Balaban J connectivity index is 1.76. The van der Waals surface area contributed by atoms with Gasteiger partial charge in [0.2, 0.25) is 5.79 Å². The molecule has 3 N–H and O–H groups in total. The molecule has 0 spiro atoms. The van der Waals surface area contributed by atoms with Crippen LogP contribution in [-0.4, -0.2) is 126 Å². The van der Waals surface area contributed by atoms with E-state index in [0.29, 0.717) is 56.9 Å². The number of Topliss-reactive ketones (excluding diaryl/α,β-unsaturated/α-hetero) is 2. The maximum Gasteiger partial charge on any atom is 0.329 e. The monoisotopic (exact) mass is 791 g/mol. The van der Waals surface area contributed by atoms with E-state index in [9.17, 15) is 34.5 Å². The maximum absolute atomic E-state index is 14.3. The van der Waals surface area contributed by atoms with E-state index in [0.717, 1.165) is 5.57 Å². The molecule has 0 aromatic rings. The minimum absolute atomic E-state index is 0.000914. The van der Waals surface area contributed by atoms with Gasteiger partial charge in [-0.05, 0) is 95.5 Å². The average molecular weight is 792 g/mol. The highest BCUT2D eigenvalue weighted by atomic mass is 16.7. The number of rotatable bonds is 6. The average Bonchev–Trinajstić information content (AvgIpc) is 3.18.